The molecule has 0 amide bonds. The third kappa shape index (κ3) is 1.20. The molecule has 2 saturated carbocycles. The summed E-state index contributed by atoms with van der Waals surface area (Å²) in [6, 6.07) is 4.60. The molecule has 1 aromatic rings. The van der Waals surface area contributed by atoms with E-state index in [1.165, 1.54) is 12.2 Å². The molecule has 2 aliphatic carbocycles. The monoisotopic (exact) mass is 177 g/mol. The molecule has 2 aliphatic rings. The fourth-order valence-corrected chi connectivity index (χ4v) is 2.03. The van der Waals surface area contributed by atoms with Crippen molar-refractivity contribution in [2.75, 3.05) is 0 Å². The van der Waals surface area contributed by atoms with Gasteiger partial charge in [0, 0.05) is 17.9 Å². The van der Waals surface area contributed by atoms with Gasteiger partial charge in [-0.05, 0) is 30.9 Å². The molecule has 3 rings (SSSR count). The van der Waals surface area contributed by atoms with E-state index in [0.29, 0.717) is 17.9 Å². The highest BCUT2D eigenvalue weighted by atomic mass is 16.3. The zero-order chi connectivity index (χ0) is 9.00. The number of hydrogen-bond acceptors (Lipinski definition) is 2. The summed E-state index contributed by atoms with van der Waals surface area (Å²) in [5, 5.41) is 0. The fraction of sp³-hybridized carbons (Fsp3) is 0.636. The highest BCUT2D eigenvalue weighted by molar-refractivity contribution is 5.24. The van der Waals surface area contributed by atoms with E-state index in [0.717, 1.165) is 18.1 Å². The Morgan fingerprint density at radius 1 is 1.23 bits per heavy atom. The molecule has 0 aromatic carbocycles. The molecular weight excluding hydrogens is 162 g/mol. The van der Waals surface area contributed by atoms with Crippen LogP contribution >= 0.6 is 0 Å². The Bertz CT molecular complexity index is 300. The van der Waals surface area contributed by atoms with Crippen LogP contribution in [0.5, 0.6) is 0 Å². The first kappa shape index (κ1) is 7.63. The number of nitrogens with two attached hydrogens (primary N) is 1. The van der Waals surface area contributed by atoms with Gasteiger partial charge >= 0.3 is 0 Å². The summed E-state index contributed by atoms with van der Waals surface area (Å²) >= 11 is 0. The molecule has 2 nitrogen and oxygen atoms in total. The lowest BCUT2D eigenvalue weighted by atomic mass is 10.2. The summed E-state index contributed by atoms with van der Waals surface area (Å²) in [6.07, 6.45) is 2.40. The Morgan fingerprint density at radius 2 is 1.77 bits per heavy atom. The molecule has 0 radical (unpaired) electrons. The summed E-state index contributed by atoms with van der Waals surface area (Å²) in [4.78, 5) is 0. The van der Waals surface area contributed by atoms with E-state index in [4.69, 9.17) is 10.2 Å². The molecule has 4 unspecified atom stereocenters. The molecule has 2 N–H and O–H groups in total. The lowest BCUT2D eigenvalue weighted by molar-refractivity contribution is 0.461. The molecule has 70 valence electrons. The van der Waals surface area contributed by atoms with Gasteiger partial charge in [0.25, 0.3) is 0 Å². The van der Waals surface area contributed by atoms with Crippen LogP contribution in [-0.2, 0) is 0 Å². The predicted molar refractivity (Wildman–Crippen MR) is 50.6 cm³/mol. The largest absolute Gasteiger partial charge is 0.465 e. The fourth-order valence-electron chi connectivity index (χ4n) is 2.03. The second-order valence-electron chi connectivity index (χ2n) is 4.57. The second-order valence-corrected chi connectivity index (χ2v) is 4.57. The zero-order valence-corrected chi connectivity index (χ0v) is 7.86. The molecule has 1 aromatic heterocycles. The minimum Gasteiger partial charge on any atom is -0.465 e. The predicted octanol–water partition coefficient (Wildman–Crippen LogP) is 2.22. The molecule has 0 saturated heterocycles. The smallest absolute Gasteiger partial charge is 0.108 e. The number of rotatable bonds is 2. The Kier molecular flexibility index (Phi) is 1.40. The van der Waals surface area contributed by atoms with Crippen LogP contribution in [0.1, 0.15) is 43.1 Å². The van der Waals surface area contributed by atoms with Gasteiger partial charge in [-0.1, -0.05) is 6.92 Å². The van der Waals surface area contributed by atoms with Gasteiger partial charge in [0.1, 0.15) is 11.5 Å². The van der Waals surface area contributed by atoms with Crippen molar-refractivity contribution in [3.05, 3.63) is 23.7 Å². The summed E-state index contributed by atoms with van der Waals surface area (Å²) in [5.74, 6) is 4.33. The molecule has 0 bridgehead atoms. The first-order chi connectivity index (χ1) is 6.25. The Labute approximate surface area is 78.1 Å². The van der Waals surface area contributed by atoms with E-state index in [1.807, 2.05) is 0 Å². The average molecular weight is 177 g/mol. The van der Waals surface area contributed by atoms with Crippen LogP contribution in [0.3, 0.4) is 0 Å². The van der Waals surface area contributed by atoms with Gasteiger partial charge in [-0.25, -0.2) is 0 Å². The van der Waals surface area contributed by atoms with Crippen molar-refractivity contribution in [2.24, 2.45) is 11.7 Å². The molecule has 0 spiro atoms. The minimum absolute atomic E-state index is 0.357. The lowest BCUT2D eigenvalue weighted by Crippen LogP contribution is -2.00. The van der Waals surface area contributed by atoms with Crippen molar-refractivity contribution in [2.45, 2.75) is 37.6 Å². The highest BCUT2D eigenvalue weighted by Crippen LogP contribution is 2.49. The molecule has 0 aliphatic heterocycles. The maximum absolute atomic E-state index is 5.79. The molecule has 2 heteroatoms. The Hall–Kier alpha value is -0.760. The van der Waals surface area contributed by atoms with Crippen LogP contribution in [0, 0.1) is 5.92 Å². The third-order valence-electron chi connectivity index (χ3n) is 3.33. The molecular formula is C11H15NO. The molecule has 2 fully saturated rings. The van der Waals surface area contributed by atoms with Crippen molar-refractivity contribution in [1.29, 1.82) is 0 Å². The third-order valence-corrected chi connectivity index (χ3v) is 3.33. The van der Waals surface area contributed by atoms with Gasteiger partial charge < -0.3 is 10.2 Å². The number of hydrogen-bond donors (Lipinski definition) is 1. The van der Waals surface area contributed by atoms with Crippen molar-refractivity contribution in [3.63, 3.8) is 0 Å². The van der Waals surface area contributed by atoms with Crippen molar-refractivity contribution < 1.29 is 4.42 Å². The van der Waals surface area contributed by atoms with E-state index in [1.54, 1.807) is 0 Å². The normalized spacial score (nSPS) is 42.0. The molecule has 4 atom stereocenters. The standard InChI is InChI=1S/C11H15NO/c1-6-4-7(6)10-2-3-11(13-10)8-5-9(8)12/h2-3,6-9H,4-5,12H2,1H3. The van der Waals surface area contributed by atoms with E-state index in [-0.39, 0.29) is 0 Å². The van der Waals surface area contributed by atoms with Gasteiger partial charge in [-0.2, -0.15) is 0 Å². The maximum Gasteiger partial charge on any atom is 0.108 e. The highest BCUT2D eigenvalue weighted by Gasteiger charge is 2.40. The Morgan fingerprint density at radius 3 is 2.23 bits per heavy atom. The van der Waals surface area contributed by atoms with Crippen LogP contribution in [0.25, 0.3) is 0 Å². The van der Waals surface area contributed by atoms with E-state index >= 15 is 0 Å². The van der Waals surface area contributed by atoms with Crippen LogP contribution < -0.4 is 5.73 Å². The molecule has 13 heavy (non-hydrogen) atoms. The van der Waals surface area contributed by atoms with Gasteiger partial charge in [0.05, 0.1) is 0 Å². The van der Waals surface area contributed by atoms with Crippen LogP contribution in [0.2, 0.25) is 0 Å². The summed E-state index contributed by atoms with van der Waals surface area (Å²) < 4.78 is 5.79. The lowest BCUT2D eigenvalue weighted by Gasteiger charge is -1.92. The van der Waals surface area contributed by atoms with Crippen molar-refractivity contribution >= 4 is 0 Å². The summed E-state index contributed by atoms with van der Waals surface area (Å²) in [5.41, 5.74) is 5.77. The van der Waals surface area contributed by atoms with Crippen molar-refractivity contribution in [1.82, 2.24) is 0 Å². The minimum atomic E-state index is 0.357. The van der Waals surface area contributed by atoms with Crippen LogP contribution in [-0.4, -0.2) is 6.04 Å². The van der Waals surface area contributed by atoms with E-state index in [2.05, 4.69) is 19.1 Å². The first-order valence-corrected chi connectivity index (χ1v) is 5.11. The topological polar surface area (TPSA) is 39.2 Å². The van der Waals surface area contributed by atoms with Crippen LogP contribution in [0.15, 0.2) is 16.5 Å². The van der Waals surface area contributed by atoms with Crippen LogP contribution in [0.4, 0.5) is 0 Å². The Balaban J connectivity index is 1.78. The quantitative estimate of drug-likeness (QED) is 0.752. The van der Waals surface area contributed by atoms with Gasteiger partial charge in [0.15, 0.2) is 0 Å². The second kappa shape index (κ2) is 2.38. The zero-order valence-electron chi connectivity index (χ0n) is 7.86. The van der Waals surface area contributed by atoms with Gasteiger partial charge in [-0.15, -0.1) is 0 Å². The summed E-state index contributed by atoms with van der Waals surface area (Å²) in [6.45, 7) is 2.27. The average Bonchev–Trinajstić information content (AvgIpc) is 2.96. The van der Waals surface area contributed by atoms with Crippen molar-refractivity contribution in [3.8, 4) is 0 Å². The molecule has 1 heterocycles. The van der Waals surface area contributed by atoms with Gasteiger partial charge in [-0.3, -0.25) is 0 Å². The number of furan rings is 1. The maximum atomic E-state index is 5.79. The van der Waals surface area contributed by atoms with Gasteiger partial charge in [0.2, 0.25) is 0 Å². The van der Waals surface area contributed by atoms with E-state index < -0.39 is 0 Å². The summed E-state index contributed by atoms with van der Waals surface area (Å²) in [7, 11) is 0. The van der Waals surface area contributed by atoms with E-state index in [9.17, 15) is 0 Å². The SMILES string of the molecule is CC1CC1c1ccc(C2CC2N)o1. The first-order valence-electron chi connectivity index (χ1n) is 5.11.